The molecule has 0 aliphatic carbocycles. The van der Waals surface area contributed by atoms with Crippen LogP contribution in [0.3, 0.4) is 0 Å². The van der Waals surface area contributed by atoms with Gasteiger partial charge in [-0.1, -0.05) is 12.8 Å². The zero-order chi connectivity index (χ0) is 15.8. The smallest absolute Gasteiger partial charge is 0.336 e. The standard InChI is InChI=1S/C17H20N2O2S/c1-13-10-17(20)21-16-11-14(6-7-15(13)16)19-8-4-2-3-5-9-22-12-18/h6-7,10-11,19H,2-5,8-9H2,1H3. The maximum Gasteiger partial charge on any atom is 0.336 e. The van der Waals surface area contributed by atoms with E-state index in [1.807, 2.05) is 25.1 Å². The van der Waals surface area contributed by atoms with Crippen LogP contribution in [0.15, 0.2) is 33.5 Å². The third kappa shape index (κ3) is 4.81. The van der Waals surface area contributed by atoms with Gasteiger partial charge < -0.3 is 9.73 Å². The molecule has 2 rings (SSSR count). The average molecular weight is 316 g/mol. The summed E-state index contributed by atoms with van der Waals surface area (Å²) in [4.78, 5) is 11.4. The first-order chi connectivity index (χ1) is 10.7. The second-order valence-corrected chi connectivity index (χ2v) is 6.12. The number of anilines is 1. The Balaban J connectivity index is 1.80. The van der Waals surface area contributed by atoms with Gasteiger partial charge in [-0.15, -0.1) is 0 Å². The number of thioether (sulfide) groups is 1. The van der Waals surface area contributed by atoms with Crippen LogP contribution in [0.25, 0.3) is 11.0 Å². The van der Waals surface area contributed by atoms with Crippen molar-refractivity contribution in [1.82, 2.24) is 0 Å². The van der Waals surface area contributed by atoms with Crippen molar-refractivity contribution in [3.63, 3.8) is 0 Å². The van der Waals surface area contributed by atoms with E-state index in [0.29, 0.717) is 5.58 Å². The van der Waals surface area contributed by atoms with Crippen molar-refractivity contribution >= 4 is 28.4 Å². The van der Waals surface area contributed by atoms with E-state index in [2.05, 4.69) is 10.7 Å². The quantitative estimate of drug-likeness (QED) is 0.447. The summed E-state index contributed by atoms with van der Waals surface area (Å²) in [6, 6.07) is 7.39. The molecule has 0 fully saturated rings. The Hall–Kier alpha value is -1.93. The first-order valence-corrected chi connectivity index (χ1v) is 8.48. The lowest BCUT2D eigenvalue weighted by Gasteiger charge is -2.08. The molecule has 0 atom stereocenters. The number of hydrogen-bond acceptors (Lipinski definition) is 5. The van der Waals surface area contributed by atoms with Gasteiger partial charge >= 0.3 is 5.63 Å². The van der Waals surface area contributed by atoms with Gasteiger partial charge in [-0.05, 0) is 49.2 Å². The minimum absolute atomic E-state index is 0.308. The molecule has 0 unspecified atom stereocenters. The molecule has 0 spiro atoms. The second-order valence-electron chi connectivity index (χ2n) is 5.24. The second kappa shape index (κ2) is 8.50. The van der Waals surface area contributed by atoms with E-state index in [-0.39, 0.29) is 5.63 Å². The van der Waals surface area contributed by atoms with Gasteiger partial charge in [-0.25, -0.2) is 4.79 Å². The molecule has 0 radical (unpaired) electrons. The van der Waals surface area contributed by atoms with Crippen molar-refractivity contribution < 1.29 is 4.42 Å². The van der Waals surface area contributed by atoms with E-state index in [4.69, 9.17) is 9.68 Å². The molecule has 0 amide bonds. The van der Waals surface area contributed by atoms with Gasteiger partial charge in [0.2, 0.25) is 0 Å². The number of thiocyanates is 1. The molecule has 0 aliphatic rings. The van der Waals surface area contributed by atoms with Crippen molar-refractivity contribution in [2.45, 2.75) is 32.6 Å². The van der Waals surface area contributed by atoms with Crippen LogP contribution >= 0.6 is 11.8 Å². The van der Waals surface area contributed by atoms with Crippen LogP contribution in [0.4, 0.5) is 5.69 Å². The molecule has 5 heteroatoms. The fraction of sp³-hybridized carbons (Fsp3) is 0.412. The lowest BCUT2D eigenvalue weighted by atomic mass is 10.1. The van der Waals surface area contributed by atoms with E-state index in [9.17, 15) is 4.79 Å². The summed E-state index contributed by atoms with van der Waals surface area (Å²) >= 11 is 1.33. The van der Waals surface area contributed by atoms with Crippen molar-refractivity contribution in [2.24, 2.45) is 0 Å². The fourth-order valence-corrected chi connectivity index (χ4v) is 2.81. The first-order valence-electron chi connectivity index (χ1n) is 7.50. The summed E-state index contributed by atoms with van der Waals surface area (Å²) in [5.41, 5.74) is 2.23. The molecule has 0 saturated carbocycles. The topological polar surface area (TPSA) is 66.0 Å². The summed E-state index contributed by atoms with van der Waals surface area (Å²) in [5.74, 6) is 0.924. The van der Waals surface area contributed by atoms with E-state index in [1.54, 1.807) is 0 Å². The van der Waals surface area contributed by atoms with Crippen LogP contribution in [-0.2, 0) is 0 Å². The number of nitrogens with zero attached hydrogens (tertiary/aromatic N) is 1. The molecule has 0 aliphatic heterocycles. The Kier molecular flexibility index (Phi) is 6.35. The fourth-order valence-electron chi connectivity index (χ4n) is 2.37. The van der Waals surface area contributed by atoms with E-state index >= 15 is 0 Å². The van der Waals surface area contributed by atoms with Gasteiger partial charge in [0.25, 0.3) is 0 Å². The third-order valence-electron chi connectivity index (χ3n) is 3.52. The molecule has 0 bridgehead atoms. The normalized spacial score (nSPS) is 10.5. The monoisotopic (exact) mass is 316 g/mol. The van der Waals surface area contributed by atoms with Crippen molar-refractivity contribution in [1.29, 1.82) is 5.26 Å². The van der Waals surface area contributed by atoms with Crippen LogP contribution in [-0.4, -0.2) is 12.3 Å². The highest BCUT2D eigenvalue weighted by atomic mass is 32.2. The largest absolute Gasteiger partial charge is 0.423 e. The molecule has 1 aromatic carbocycles. The highest BCUT2D eigenvalue weighted by Gasteiger charge is 2.03. The Morgan fingerprint density at radius 2 is 2.05 bits per heavy atom. The van der Waals surface area contributed by atoms with Crippen LogP contribution in [0, 0.1) is 17.6 Å². The average Bonchev–Trinajstić information content (AvgIpc) is 2.49. The van der Waals surface area contributed by atoms with Gasteiger partial charge in [0.05, 0.1) is 0 Å². The lowest BCUT2D eigenvalue weighted by Crippen LogP contribution is -2.02. The number of rotatable bonds is 8. The number of benzene rings is 1. The molecule has 0 saturated heterocycles. The molecular formula is C17H20N2O2S. The number of fused-ring (bicyclic) bond motifs is 1. The molecule has 116 valence electrons. The van der Waals surface area contributed by atoms with Gasteiger partial charge in [0.15, 0.2) is 0 Å². The Labute approximate surface area is 134 Å². The minimum Gasteiger partial charge on any atom is -0.423 e. The van der Waals surface area contributed by atoms with Gasteiger partial charge in [0.1, 0.15) is 11.0 Å². The molecule has 1 heterocycles. The van der Waals surface area contributed by atoms with Gasteiger partial charge in [-0.3, -0.25) is 0 Å². The highest BCUT2D eigenvalue weighted by molar-refractivity contribution is 8.03. The Morgan fingerprint density at radius 1 is 1.23 bits per heavy atom. The SMILES string of the molecule is Cc1cc(=O)oc2cc(NCCCCCCSC#N)ccc12. The summed E-state index contributed by atoms with van der Waals surface area (Å²) in [6.07, 6.45) is 4.49. The molecule has 1 aromatic heterocycles. The number of nitrogens with one attached hydrogen (secondary N) is 1. The summed E-state index contributed by atoms with van der Waals surface area (Å²) < 4.78 is 5.24. The van der Waals surface area contributed by atoms with E-state index < -0.39 is 0 Å². The lowest BCUT2D eigenvalue weighted by molar-refractivity contribution is 0.560. The number of unbranched alkanes of at least 4 members (excludes halogenated alkanes) is 3. The predicted molar refractivity (Wildman–Crippen MR) is 92.2 cm³/mol. The summed E-state index contributed by atoms with van der Waals surface area (Å²) in [6.45, 7) is 2.81. The van der Waals surface area contributed by atoms with Crippen molar-refractivity contribution in [2.75, 3.05) is 17.6 Å². The Morgan fingerprint density at radius 3 is 2.86 bits per heavy atom. The Bertz CT molecular complexity index is 719. The van der Waals surface area contributed by atoms with Crippen LogP contribution in [0.1, 0.15) is 31.2 Å². The zero-order valence-electron chi connectivity index (χ0n) is 12.7. The number of nitriles is 1. The van der Waals surface area contributed by atoms with Crippen LogP contribution in [0.2, 0.25) is 0 Å². The molecule has 1 N–H and O–H groups in total. The van der Waals surface area contributed by atoms with E-state index in [1.165, 1.54) is 17.8 Å². The highest BCUT2D eigenvalue weighted by Crippen LogP contribution is 2.20. The number of aryl methyl sites for hydroxylation is 1. The summed E-state index contributed by atoms with van der Waals surface area (Å²) in [7, 11) is 0. The van der Waals surface area contributed by atoms with E-state index in [0.717, 1.165) is 54.6 Å². The third-order valence-corrected chi connectivity index (χ3v) is 4.14. The summed E-state index contributed by atoms with van der Waals surface area (Å²) in [5, 5.41) is 14.8. The zero-order valence-corrected chi connectivity index (χ0v) is 13.5. The van der Waals surface area contributed by atoms with Gasteiger partial charge in [-0.2, -0.15) is 5.26 Å². The minimum atomic E-state index is -0.308. The molecular weight excluding hydrogens is 296 g/mol. The van der Waals surface area contributed by atoms with Crippen molar-refractivity contribution in [3.8, 4) is 5.40 Å². The predicted octanol–water partition coefficient (Wildman–Crippen LogP) is 4.29. The van der Waals surface area contributed by atoms with Gasteiger partial charge in [0, 0.05) is 35.5 Å². The first kappa shape index (κ1) is 16.4. The van der Waals surface area contributed by atoms with Crippen LogP contribution < -0.4 is 10.9 Å². The van der Waals surface area contributed by atoms with Crippen LogP contribution in [0.5, 0.6) is 0 Å². The van der Waals surface area contributed by atoms with Crippen molar-refractivity contribution in [3.05, 3.63) is 40.2 Å². The molecule has 2 aromatic rings. The molecule has 4 nitrogen and oxygen atoms in total. The maximum atomic E-state index is 11.4. The number of hydrogen-bond donors (Lipinski definition) is 1. The maximum absolute atomic E-state index is 11.4. The molecule has 22 heavy (non-hydrogen) atoms.